The number of rotatable bonds is 8. The van der Waals surface area contributed by atoms with Crippen LogP contribution in [0.1, 0.15) is 59.2 Å². The van der Waals surface area contributed by atoms with Crippen molar-refractivity contribution in [2.75, 3.05) is 11.4 Å². The summed E-state index contributed by atoms with van der Waals surface area (Å²) in [5.41, 5.74) is 4.23. The number of benzene rings is 2. The maximum atomic E-state index is 14.0. The van der Waals surface area contributed by atoms with E-state index in [1.54, 1.807) is 24.0 Å². The van der Waals surface area contributed by atoms with Crippen molar-refractivity contribution < 1.29 is 19.1 Å². The zero-order valence-corrected chi connectivity index (χ0v) is 16.2. The second-order valence-electron chi connectivity index (χ2n) is 7.39. The molecule has 1 aliphatic rings. The third-order valence-electron chi connectivity index (χ3n) is 5.35. The van der Waals surface area contributed by atoms with Gasteiger partial charge in [-0.05, 0) is 73.9 Å². The van der Waals surface area contributed by atoms with Crippen molar-refractivity contribution in [1.29, 1.82) is 0 Å². The summed E-state index contributed by atoms with van der Waals surface area (Å²) >= 11 is 0. The first-order valence-corrected chi connectivity index (χ1v) is 9.88. The number of aliphatic carboxylic acids is 1. The van der Waals surface area contributed by atoms with Gasteiger partial charge in [0.05, 0.1) is 0 Å². The highest BCUT2D eigenvalue weighted by atomic mass is 19.1. The number of hydrogen-bond acceptors (Lipinski definition) is 2. The van der Waals surface area contributed by atoms with Crippen molar-refractivity contribution in [3.05, 3.63) is 64.5 Å². The van der Waals surface area contributed by atoms with Gasteiger partial charge < -0.3 is 10.0 Å². The van der Waals surface area contributed by atoms with Crippen LogP contribution in [0.15, 0.2) is 36.4 Å². The highest BCUT2D eigenvalue weighted by Gasteiger charge is 2.24. The molecule has 1 aliphatic carbocycles. The summed E-state index contributed by atoms with van der Waals surface area (Å²) < 4.78 is 14.0. The maximum absolute atomic E-state index is 14.0. The zero-order chi connectivity index (χ0) is 20.1. The maximum Gasteiger partial charge on any atom is 0.303 e. The summed E-state index contributed by atoms with van der Waals surface area (Å²) in [6.07, 6.45) is 5.19. The fraction of sp³-hybridized carbons (Fsp3) is 0.391. The van der Waals surface area contributed by atoms with Crippen molar-refractivity contribution >= 4 is 17.6 Å². The van der Waals surface area contributed by atoms with Crippen molar-refractivity contribution in [2.45, 2.75) is 51.9 Å². The fourth-order valence-electron chi connectivity index (χ4n) is 3.79. The Hall–Kier alpha value is -2.69. The number of fused-ring (bicyclic) bond motifs is 1. The number of nitrogens with zero attached hydrogens (tertiary/aromatic N) is 1. The second-order valence-corrected chi connectivity index (χ2v) is 7.39. The van der Waals surface area contributed by atoms with Gasteiger partial charge in [0.2, 0.25) is 0 Å². The lowest BCUT2D eigenvalue weighted by atomic mass is 10.0. The number of carbonyl (C=O) groups is 2. The molecule has 0 unspecified atom stereocenters. The molecule has 0 saturated heterocycles. The monoisotopic (exact) mass is 383 g/mol. The Kier molecular flexibility index (Phi) is 6.45. The average molecular weight is 383 g/mol. The van der Waals surface area contributed by atoms with Crippen molar-refractivity contribution in [3.63, 3.8) is 0 Å². The van der Waals surface area contributed by atoms with Gasteiger partial charge in [-0.2, -0.15) is 0 Å². The van der Waals surface area contributed by atoms with Gasteiger partial charge >= 0.3 is 5.97 Å². The molecule has 1 amide bonds. The van der Waals surface area contributed by atoms with E-state index in [1.807, 2.05) is 12.1 Å². The van der Waals surface area contributed by atoms with Gasteiger partial charge in [-0.15, -0.1) is 0 Å². The molecular formula is C23H26FNO3. The number of unbranched alkanes of at least 4 members (excludes halogenated alkanes) is 2. The molecule has 2 aromatic carbocycles. The Morgan fingerprint density at radius 3 is 2.68 bits per heavy atom. The quantitative estimate of drug-likeness (QED) is 0.659. The number of carbonyl (C=O) groups excluding carboxylic acids is 1. The minimum Gasteiger partial charge on any atom is -0.481 e. The molecule has 3 rings (SSSR count). The summed E-state index contributed by atoms with van der Waals surface area (Å²) in [6, 6.07) is 10.6. The molecule has 0 saturated carbocycles. The Morgan fingerprint density at radius 2 is 1.93 bits per heavy atom. The molecule has 0 aromatic heterocycles. The van der Waals surface area contributed by atoms with Gasteiger partial charge in [0.1, 0.15) is 5.82 Å². The van der Waals surface area contributed by atoms with Crippen LogP contribution in [0.2, 0.25) is 0 Å². The van der Waals surface area contributed by atoms with Gasteiger partial charge in [-0.3, -0.25) is 9.59 Å². The predicted octanol–water partition coefficient (Wildman–Crippen LogP) is 4.91. The number of carboxylic acid groups (broad SMARTS) is 1. The Bertz CT molecular complexity index is 878. The molecule has 1 N–H and O–H groups in total. The van der Waals surface area contributed by atoms with Gasteiger partial charge in [0.25, 0.3) is 5.91 Å². The van der Waals surface area contributed by atoms with Crippen molar-refractivity contribution in [1.82, 2.24) is 0 Å². The van der Waals surface area contributed by atoms with Crippen LogP contribution in [0.25, 0.3) is 0 Å². The van der Waals surface area contributed by atoms with Crippen LogP contribution in [-0.2, 0) is 17.6 Å². The van der Waals surface area contributed by atoms with E-state index < -0.39 is 5.97 Å². The number of halogens is 1. The molecule has 0 heterocycles. The predicted molar refractivity (Wildman–Crippen MR) is 107 cm³/mol. The van der Waals surface area contributed by atoms with Crippen LogP contribution in [-0.4, -0.2) is 23.5 Å². The van der Waals surface area contributed by atoms with Crippen molar-refractivity contribution in [3.8, 4) is 0 Å². The van der Waals surface area contributed by atoms with E-state index in [-0.39, 0.29) is 18.1 Å². The Balaban J connectivity index is 1.84. The smallest absolute Gasteiger partial charge is 0.303 e. The standard InChI is InChI=1S/C23H26FNO3/c1-16-12-13-18(15-20(16)24)23(28)25(14-4-2-3-11-22(26)27)21-10-6-8-17-7-5-9-19(17)21/h6,8,10,12-13,15H,2-5,7,9,11,14H2,1H3,(H,26,27). The molecule has 0 aliphatic heterocycles. The van der Waals surface area contributed by atoms with Gasteiger partial charge in [-0.25, -0.2) is 4.39 Å². The molecule has 148 valence electrons. The zero-order valence-electron chi connectivity index (χ0n) is 16.2. The lowest BCUT2D eigenvalue weighted by Gasteiger charge is -2.26. The largest absolute Gasteiger partial charge is 0.481 e. The van der Waals surface area contributed by atoms with E-state index in [1.165, 1.54) is 17.2 Å². The molecule has 28 heavy (non-hydrogen) atoms. The van der Waals surface area contributed by atoms with E-state index in [9.17, 15) is 14.0 Å². The Morgan fingerprint density at radius 1 is 1.11 bits per heavy atom. The second kappa shape index (κ2) is 9.00. The third kappa shape index (κ3) is 4.58. The van der Waals surface area contributed by atoms with E-state index in [2.05, 4.69) is 6.07 Å². The molecule has 0 fully saturated rings. The fourth-order valence-corrected chi connectivity index (χ4v) is 3.79. The molecule has 0 bridgehead atoms. The van der Waals surface area contributed by atoms with Crippen LogP contribution in [0.5, 0.6) is 0 Å². The van der Waals surface area contributed by atoms with Gasteiger partial charge in [0, 0.05) is 24.2 Å². The van der Waals surface area contributed by atoms with Crippen LogP contribution >= 0.6 is 0 Å². The van der Waals surface area contributed by atoms with Gasteiger partial charge in [0.15, 0.2) is 0 Å². The molecule has 2 aromatic rings. The van der Waals surface area contributed by atoms with E-state index in [0.29, 0.717) is 30.5 Å². The lowest BCUT2D eigenvalue weighted by molar-refractivity contribution is -0.137. The van der Waals surface area contributed by atoms with Gasteiger partial charge in [-0.1, -0.05) is 24.6 Å². The number of aryl methyl sites for hydroxylation is 2. The van der Waals surface area contributed by atoms with Crippen LogP contribution in [0.3, 0.4) is 0 Å². The molecule has 0 spiro atoms. The highest BCUT2D eigenvalue weighted by molar-refractivity contribution is 6.06. The van der Waals surface area contributed by atoms with E-state index in [4.69, 9.17) is 5.11 Å². The minimum atomic E-state index is -0.802. The highest BCUT2D eigenvalue weighted by Crippen LogP contribution is 2.32. The average Bonchev–Trinajstić information content (AvgIpc) is 3.15. The van der Waals surface area contributed by atoms with Crippen LogP contribution in [0.4, 0.5) is 10.1 Å². The molecule has 0 radical (unpaired) electrons. The molecule has 0 atom stereocenters. The SMILES string of the molecule is Cc1ccc(C(=O)N(CCCCCC(=O)O)c2cccc3c2CCC3)cc1F. The topological polar surface area (TPSA) is 57.6 Å². The van der Waals surface area contributed by atoms with Crippen LogP contribution in [0, 0.1) is 12.7 Å². The molecule has 4 nitrogen and oxygen atoms in total. The number of hydrogen-bond donors (Lipinski definition) is 1. The summed E-state index contributed by atoms with van der Waals surface area (Å²) in [5, 5.41) is 8.79. The summed E-state index contributed by atoms with van der Waals surface area (Å²) in [7, 11) is 0. The summed E-state index contributed by atoms with van der Waals surface area (Å²) in [4.78, 5) is 25.7. The minimum absolute atomic E-state index is 0.137. The van der Waals surface area contributed by atoms with E-state index >= 15 is 0 Å². The van der Waals surface area contributed by atoms with Crippen LogP contribution < -0.4 is 4.90 Å². The van der Waals surface area contributed by atoms with E-state index in [0.717, 1.165) is 31.4 Å². The summed E-state index contributed by atoms with van der Waals surface area (Å²) in [5.74, 6) is -1.40. The first-order chi connectivity index (χ1) is 13.5. The first-order valence-electron chi connectivity index (χ1n) is 9.88. The van der Waals surface area contributed by atoms with Crippen molar-refractivity contribution in [2.24, 2.45) is 0 Å². The summed E-state index contributed by atoms with van der Waals surface area (Å²) in [6.45, 7) is 2.16. The molecular weight excluding hydrogens is 357 g/mol. The number of carboxylic acids is 1. The normalized spacial score (nSPS) is 12.6. The Labute approximate surface area is 165 Å². The number of anilines is 1. The molecule has 5 heteroatoms. The first kappa shape index (κ1) is 20.1. The lowest BCUT2D eigenvalue weighted by Crippen LogP contribution is -2.33. The number of amides is 1. The third-order valence-corrected chi connectivity index (χ3v) is 5.35.